The first-order chi connectivity index (χ1) is 15.6. The van der Waals surface area contributed by atoms with Crippen molar-refractivity contribution in [2.75, 3.05) is 38.8 Å². The summed E-state index contributed by atoms with van der Waals surface area (Å²) in [5.41, 5.74) is 1.25. The average Bonchev–Trinajstić information content (AvgIpc) is 2.80. The molecule has 0 aliphatic heterocycles. The number of hydrogen-bond acceptors (Lipinski definition) is 6. The number of carbonyl (C=O) groups is 2. The molecule has 0 atom stereocenters. The summed E-state index contributed by atoms with van der Waals surface area (Å²) in [5, 5.41) is 14.8. The molecule has 0 bridgehead atoms. The van der Waals surface area contributed by atoms with Crippen LogP contribution in [0.25, 0.3) is 6.08 Å². The fraction of sp³-hybridized carbons (Fsp3) is 0.292. The first-order valence-electron chi connectivity index (χ1n) is 10.2. The lowest BCUT2D eigenvalue weighted by atomic mass is 10.1. The Morgan fingerprint density at radius 2 is 1.88 bits per heavy atom. The van der Waals surface area contributed by atoms with Gasteiger partial charge >= 0.3 is 0 Å². The van der Waals surface area contributed by atoms with Gasteiger partial charge in [0, 0.05) is 25.9 Å². The largest absolute Gasteiger partial charge is 0.490 e. The zero-order valence-electron chi connectivity index (χ0n) is 18.2. The predicted molar refractivity (Wildman–Crippen MR) is 121 cm³/mol. The van der Waals surface area contributed by atoms with Crippen LogP contribution in [0.2, 0.25) is 0 Å². The molecule has 8 heteroatoms. The average molecular weight is 437 g/mol. The van der Waals surface area contributed by atoms with E-state index in [0.29, 0.717) is 48.9 Å². The summed E-state index contributed by atoms with van der Waals surface area (Å²) < 4.78 is 16.2. The van der Waals surface area contributed by atoms with Gasteiger partial charge in [-0.05, 0) is 49.2 Å². The van der Waals surface area contributed by atoms with Gasteiger partial charge in [0.25, 0.3) is 11.8 Å². The van der Waals surface area contributed by atoms with Crippen molar-refractivity contribution in [1.29, 1.82) is 5.26 Å². The smallest absolute Gasteiger partial charge is 0.262 e. The predicted octanol–water partition coefficient (Wildman–Crippen LogP) is 3.16. The highest BCUT2D eigenvalue weighted by atomic mass is 16.5. The third kappa shape index (κ3) is 8.13. The van der Waals surface area contributed by atoms with E-state index in [1.807, 2.05) is 31.2 Å². The molecule has 168 valence electrons. The van der Waals surface area contributed by atoms with E-state index in [-0.39, 0.29) is 18.1 Å². The van der Waals surface area contributed by atoms with Crippen molar-refractivity contribution in [1.82, 2.24) is 5.32 Å². The van der Waals surface area contributed by atoms with Crippen LogP contribution in [0, 0.1) is 11.3 Å². The van der Waals surface area contributed by atoms with E-state index in [1.165, 1.54) is 6.08 Å². The maximum atomic E-state index is 12.2. The third-order valence-corrected chi connectivity index (χ3v) is 4.17. The van der Waals surface area contributed by atoms with Crippen LogP contribution < -0.4 is 20.1 Å². The summed E-state index contributed by atoms with van der Waals surface area (Å²) in [7, 11) is 1.58. The molecular weight excluding hydrogens is 410 g/mol. The van der Waals surface area contributed by atoms with Gasteiger partial charge in [-0.2, -0.15) is 5.26 Å². The summed E-state index contributed by atoms with van der Waals surface area (Å²) in [6, 6.07) is 16.0. The number of carbonyl (C=O) groups excluding carboxylic acids is 2. The Hall–Kier alpha value is -3.83. The summed E-state index contributed by atoms with van der Waals surface area (Å²) >= 11 is 0. The number of anilines is 1. The fourth-order valence-electron chi connectivity index (χ4n) is 2.69. The molecule has 0 aliphatic carbocycles. The minimum atomic E-state index is -0.459. The third-order valence-electron chi connectivity index (χ3n) is 4.17. The zero-order chi connectivity index (χ0) is 23.2. The number of para-hydroxylation sites is 1. The summed E-state index contributed by atoms with van der Waals surface area (Å²) in [6.45, 7) is 2.94. The molecule has 0 spiro atoms. The Labute approximate surface area is 187 Å². The Morgan fingerprint density at radius 3 is 2.56 bits per heavy atom. The minimum absolute atomic E-state index is 0.0271. The lowest BCUT2D eigenvalue weighted by molar-refractivity contribution is -0.118. The second-order valence-corrected chi connectivity index (χ2v) is 6.61. The molecule has 32 heavy (non-hydrogen) atoms. The highest BCUT2D eigenvalue weighted by molar-refractivity contribution is 6.01. The van der Waals surface area contributed by atoms with Crippen LogP contribution in [0.5, 0.6) is 11.5 Å². The number of nitriles is 1. The number of amides is 2. The molecular formula is C24H27N3O5. The molecule has 2 aromatic carbocycles. The van der Waals surface area contributed by atoms with Gasteiger partial charge in [-0.1, -0.05) is 24.3 Å². The van der Waals surface area contributed by atoms with Crippen molar-refractivity contribution in [3.05, 3.63) is 59.7 Å². The second kappa shape index (κ2) is 13.5. The van der Waals surface area contributed by atoms with E-state index in [9.17, 15) is 14.9 Å². The Balaban J connectivity index is 2.05. The van der Waals surface area contributed by atoms with Gasteiger partial charge in [0.1, 0.15) is 11.6 Å². The van der Waals surface area contributed by atoms with Crippen molar-refractivity contribution >= 4 is 23.6 Å². The number of hydrogen-bond donors (Lipinski definition) is 2. The summed E-state index contributed by atoms with van der Waals surface area (Å²) in [6.07, 6.45) is 2.12. The number of rotatable bonds is 12. The Bertz CT molecular complexity index is 967. The van der Waals surface area contributed by atoms with Gasteiger partial charge in [-0.3, -0.25) is 9.59 Å². The number of methoxy groups -OCH3 is 1. The van der Waals surface area contributed by atoms with Crippen LogP contribution in [-0.4, -0.2) is 45.3 Å². The normalized spacial score (nSPS) is 10.7. The fourth-order valence-corrected chi connectivity index (χ4v) is 2.69. The second-order valence-electron chi connectivity index (χ2n) is 6.61. The van der Waals surface area contributed by atoms with Crippen molar-refractivity contribution in [2.45, 2.75) is 13.3 Å². The molecule has 8 nitrogen and oxygen atoms in total. The van der Waals surface area contributed by atoms with Crippen LogP contribution >= 0.6 is 0 Å². The molecule has 0 saturated heterocycles. The molecule has 0 radical (unpaired) electrons. The highest BCUT2D eigenvalue weighted by Crippen LogP contribution is 2.29. The molecule has 0 aliphatic rings. The molecule has 0 heterocycles. The van der Waals surface area contributed by atoms with Crippen molar-refractivity contribution in [3.8, 4) is 17.6 Å². The molecule has 2 rings (SSSR count). The first kappa shape index (κ1) is 24.4. The van der Waals surface area contributed by atoms with Gasteiger partial charge in [0.2, 0.25) is 0 Å². The molecule has 2 N–H and O–H groups in total. The maximum Gasteiger partial charge on any atom is 0.262 e. The summed E-state index contributed by atoms with van der Waals surface area (Å²) in [5.74, 6) is 0.0281. The van der Waals surface area contributed by atoms with Crippen LogP contribution in [0.1, 0.15) is 18.9 Å². The van der Waals surface area contributed by atoms with E-state index in [0.717, 1.165) is 0 Å². The zero-order valence-corrected chi connectivity index (χ0v) is 18.2. The molecule has 0 fully saturated rings. The number of nitrogens with one attached hydrogen (secondary N) is 2. The molecule has 0 aromatic heterocycles. The van der Waals surface area contributed by atoms with Crippen molar-refractivity contribution in [3.63, 3.8) is 0 Å². The highest BCUT2D eigenvalue weighted by Gasteiger charge is 2.12. The van der Waals surface area contributed by atoms with Gasteiger partial charge in [0.15, 0.2) is 18.1 Å². The number of nitrogens with zero attached hydrogens (tertiary/aromatic N) is 1. The monoisotopic (exact) mass is 437 g/mol. The minimum Gasteiger partial charge on any atom is -0.490 e. The van der Waals surface area contributed by atoms with E-state index in [1.54, 1.807) is 37.4 Å². The van der Waals surface area contributed by atoms with Crippen LogP contribution in [0.15, 0.2) is 54.1 Å². The molecule has 0 saturated carbocycles. The van der Waals surface area contributed by atoms with E-state index < -0.39 is 5.91 Å². The number of ether oxygens (including phenoxy) is 3. The lowest BCUT2D eigenvalue weighted by Crippen LogP contribution is -2.26. The molecule has 2 aromatic rings. The SMILES string of the molecule is CCOc1cc(/C=C(\C#N)C(=O)NCCCOC)ccc1OCC(=O)Nc1ccccc1. The van der Waals surface area contributed by atoms with Gasteiger partial charge < -0.3 is 24.8 Å². The van der Waals surface area contributed by atoms with Gasteiger partial charge in [-0.15, -0.1) is 0 Å². The van der Waals surface area contributed by atoms with Crippen molar-refractivity contribution < 1.29 is 23.8 Å². The van der Waals surface area contributed by atoms with Gasteiger partial charge in [0.05, 0.1) is 6.61 Å². The van der Waals surface area contributed by atoms with E-state index >= 15 is 0 Å². The van der Waals surface area contributed by atoms with E-state index in [2.05, 4.69) is 10.6 Å². The Kier molecular flexibility index (Phi) is 10.3. The summed E-state index contributed by atoms with van der Waals surface area (Å²) in [4.78, 5) is 24.3. The van der Waals surface area contributed by atoms with Crippen molar-refractivity contribution in [2.24, 2.45) is 0 Å². The quantitative estimate of drug-likeness (QED) is 0.300. The van der Waals surface area contributed by atoms with Gasteiger partial charge in [-0.25, -0.2) is 0 Å². The Morgan fingerprint density at radius 1 is 1.09 bits per heavy atom. The van der Waals surface area contributed by atoms with Crippen LogP contribution in [-0.2, 0) is 14.3 Å². The maximum absolute atomic E-state index is 12.2. The lowest BCUT2D eigenvalue weighted by Gasteiger charge is -2.13. The number of benzene rings is 2. The van der Waals surface area contributed by atoms with E-state index in [4.69, 9.17) is 14.2 Å². The molecule has 2 amide bonds. The molecule has 0 unspecified atom stereocenters. The standard InChI is InChI=1S/C24H27N3O5/c1-3-31-22-15-18(14-19(16-25)24(29)26-12-7-13-30-2)10-11-21(22)32-17-23(28)27-20-8-5-4-6-9-20/h4-6,8-11,14-15H,3,7,12-13,17H2,1-2H3,(H,26,29)(H,27,28)/b19-14+. The topological polar surface area (TPSA) is 110 Å². The van der Waals surface area contributed by atoms with Crippen LogP contribution in [0.3, 0.4) is 0 Å². The first-order valence-corrected chi connectivity index (χ1v) is 10.2. The van der Waals surface area contributed by atoms with Crippen LogP contribution in [0.4, 0.5) is 5.69 Å².